The molecule has 0 aliphatic rings. The summed E-state index contributed by atoms with van der Waals surface area (Å²) in [4.78, 5) is 19.6. The van der Waals surface area contributed by atoms with Crippen molar-refractivity contribution < 1.29 is 14.7 Å². The highest BCUT2D eigenvalue weighted by atomic mass is 35.5. The van der Waals surface area contributed by atoms with E-state index in [4.69, 9.17) is 16.7 Å². The summed E-state index contributed by atoms with van der Waals surface area (Å²) in [7, 11) is 0. The zero-order valence-corrected chi connectivity index (χ0v) is 6.41. The molecule has 0 heterocycles. The second-order valence-electron chi connectivity index (χ2n) is 1.23. The highest BCUT2D eigenvalue weighted by Crippen LogP contribution is 2.09. The summed E-state index contributed by atoms with van der Waals surface area (Å²) in [5.41, 5.74) is 0. The lowest BCUT2D eigenvalue weighted by atomic mass is 10.7. The number of carbonyl (C=O) groups is 1. The summed E-state index contributed by atoms with van der Waals surface area (Å²) in [6.45, 7) is 0. The molecular formula is C5H4ClO3S. The third-order valence-electron chi connectivity index (χ3n) is 0.533. The largest absolute Gasteiger partial charge is 0.477 e. The number of rotatable bonds is 4. The number of aliphatic carboxylic acids is 1. The second kappa shape index (κ2) is 5.32. The number of carbonyl (C=O) groups excluding carboxylic acids is 1. The Morgan fingerprint density at radius 2 is 2.40 bits per heavy atom. The van der Waals surface area contributed by atoms with E-state index in [1.54, 1.807) is 6.29 Å². The number of halogens is 1. The SMILES string of the molecule is O=[C]CSC=C(Cl)C(=O)O. The van der Waals surface area contributed by atoms with Crippen LogP contribution in [0, 0.1) is 0 Å². The van der Waals surface area contributed by atoms with E-state index >= 15 is 0 Å². The van der Waals surface area contributed by atoms with Crippen LogP contribution in [-0.2, 0) is 9.59 Å². The quantitative estimate of drug-likeness (QED) is 0.517. The Morgan fingerprint density at radius 3 is 2.80 bits per heavy atom. The number of thioether (sulfide) groups is 1. The maximum Gasteiger partial charge on any atom is 0.347 e. The smallest absolute Gasteiger partial charge is 0.347 e. The molecule has 0 aromatic carbocycles. The van der Waals surface area contributed by atoms with E-state index in [2.05, 4.69) is 0 Å². The topological polar surface area (TPSA) is 54.4 Å². The monoisotopic (exact) mass is 179 g/mol. The summed E-state index contributed by atoms with van der Waals surface area (Å²) in [5.74, 6) is -1.09. The molecule has 0 saturated heterocycles. The lowest BCUT2D eigenvalue weighted by Gasteiger charge is -1.86. The Balaban J connectivity index is 3.68. The molecule has 0 unspecified atom stereocenters. The van der Waals surface area contributed by atoms with Gasteiger partial charge in [0.25, 0.3) is 0 Å². The summed E-state index contributed by atoms with van der Waals surface area (Å²) < 4.78 is 0. The van der Waals surface area contributed by atoms with Gasteiger partial charge in [0, 0.05) is 0 Å². The van der Waals surface area contributed by atoms with Crippen molar-refractivity contribution >= 4 is 35.6 Å². The highest BCUT2D eigenvalue weighted by molar-refractivity contribution is 8.02. The van der Waals surface area contributed by atoms with E-state index in [-0.39, 0.29) is 10.8 Å². The maximum absolute atomic E-state index is 9.98. The van der Waals surface area contributed by atoms with Gasteiger partial charge in [-0.15, -0.1) is 11.8 Å². The predicted molar refractivity (Wildman–Crippen MR) is 39.7 cm³/mol. The van der Waals surface area contributed by atoms with E-state index in [1.165, 1.54) is 5.41 Å². The van der Waals surface area contributed by atoms with Crippen LogP contribution in [0.15, 0.2) is 10.4 Å². The van der Waals surface area contributed by atoms with Gasteiger partial charge in [-0.2, -0.15) is 0 Å². The predicted octanol–water partition coefficient (Wildman–Crippen LogP) is 0.994. The van der Waals surface area contributed by atoms with Gasteiger partial charge in [-0.25, -0.2) is 4.79 Å². The molecule has 0 bridgehead atoms. The van der Waals surface area contributed by atoms with E-state index in [0.717, 1.165) is 11.8 Å². The molecule has 1 N–H and O–H groups in total. The normalized spacial score (nSPS) is 11.1. The number of carboxylic acids is 1. The van der Waals surface area contributed by atoms with Gasteiger partial charge in [-0.1, -0.05) is 11.6 Å². The van der Waals surface area contributed by atoms with Gasteiger partial charge >= 0.3 is 5.97 Å². The van der Waals surface area contributed by atoms with Crippen molar-refractivity contribution in [2.45, 2.75) is 0 Å². The molecule has 0 aromatic rings. The molecule has 0 fully saturated rings. The molecule has 5 heteroatoms. The molecule has 55 valence electrons. The van der Waals surface area contributed by atoms with Crippen LogP contribution in [-0.4, -0.2) is 23.1 Å². The van der Waals surface area contributed by atoms with Crippen molar-refractivity contribution in [1.29, 1.82) is 0 Å². The number of hydrogen-bond donors (Lipinski definition) is 1. The summed E-state index contributed by atoms with van der Waals surface area (Å²) in [6, 6.07) is 0. The highest BCUT2D eigenvalue weighted by Gasteiger charge is 2.00. The summed E-state index contributed by atoms with van der Waals surface area (Å²) >= 11 is 6.15. The van der Waals surface area contributed by atoms with Crippen molar-refractivity contribution in [2.24, 2.45) is 0 Å². The molecule has 3 nitrogen and oxygen atoms in total. The van der Waals surface area contributed by atoms with Crippen LogP contribution in [0.3, 0.4) is 0 Å². The Bertz CT molecular complexity index is 166. The average molecular weight is 180 g/mol. The van der Waals surface area contributed by atoms with Crippen molar-refractivity contribution in [2.75, 3.05) is 5.75 Å². The maximum atomic E-state index is 9.98. The van der Waals surface area contributed by atoms with Gasteiger partial charge in [-0.05, 0) is 5.41 Å². The third kappa shape index (κ3) is 4.40. The standard InChI is InChI=1S/C5H4ClO3S/c6-4(5(8)9)3-10-2-1-7/h3H,2H2,(H,8,9). The zero-order chi connectivity index (χ0) is 7.98. The van der Waals surface area contributed by atoms with Gasteiger partial charge in [-0.3, -0.25) is 4.79 Å². The van der Waals surface area contributed by atoms with Crippen molar-refractivity contribution in [3.8, 4) is 0 Å². The molecule has 10 heavy (non-hydrogen) atoms. The molecule has 0 rings (SSSR count). The first-order valence-electron chi connectivity index (χ1n) is 2.24. The lowest BCUT2D eigenvalue weighted by molar-refractivity contribution is -0.131. The molecule has 0 saturated carbocycles. The molecule has 0 spiro atoms. The summed E-state index contributed by atoms with van der Waals surface area (Å²) in [5, 5.41) is 9.07. The van der Waals surface area contributed by atoms with Gasteiger partial charge < -0.3 is 5.11 Å². The second-order valence-corrected chi connectivity index (χ2v) is 2.49. The first-order chi connectivity index (χ1) is 4.68. The van der Waals surface area contributed by atoms with Crippen LogP contribution in [0.1, 0.15) is 0 Å². The van der Waals surface area contributed by atoms with Crippen molar-refractivity contribution in [3.05, 3.63) is 10.4 Å². The minimum atomic E-state index is -1.19. The molecule has 1 radical (unpaired) electrons. The van der Waals surface area contributed by atoms with Crippen molar-refractivity contribution in [1.82, 2.24) is 0 Å². The fraction of sp³-hybridized carbons (Fsp3) is 0.200. The molecule has 0 aromatic heterocycles. The number of hydrogen-bond acceptors (Lipinski definition) is 3. The third-order valence-corrected chi connectivity index (χ3v) is 1.62. The van der Waals surface area contributed by atoms with E-state index in [1.807, 2.05) is 0 Å². The lowest BCUT2D eigenvalue weighted by Crippen LogP contribution is -1.92. The van der Waals surface area contributed by atoms with Crippen LogP contribution in [0.25, 0.3) is 0 Å². The van der Waals surface area contributed by atoms with Crippen LogP contribution in [0.2, 0.25) is 0 Å². The van der Waals surface area contributed by atoms with E-state index in [0.29, 0.717) is 0 Å². The molecule has 0 atom stereocenters. The van der Waals surface area contributed by atoms with Crippen LogP contribution in [0.5, 0.6) is 0 Å². The Kier molecular flexibility index (Phi) is 5.06. The molecular weight excluding hydrogens is 176 g/mol. The van der Waals surface area contributed by atoms with Gasteiger partial charge in [0.1, 0.15) is 5.03 Å². The molecule has 0 aliphatic carbocycles. The zero-order valence-electron chi connectivity index (χ0n) is 4.83. The van der Waals surface area contributed by atoms with E-state index in [9.17, 15) is 9.59 Å². The Hall–Kier alpha value is -0.480. The minimum absolute atomic E-state index is 0.101. The van der Waals surface area contributed by atoms with Gasteiger partial charge in [0.05, 0.1) is 5.75 Å². The fourth-order valence-corrected chi connectivity index (χ4v) is 0.787. The van der Waals surface area contributed by atoms with Gasteiger partial charge in [0.15, 0.2) is 0 Å². The van der Waals surface area contributed by atoms with Crippen LogP contribution < -0.4 is 0 Å². The Morgan fingerprint density at radius 1 is 1.80 bits per heavy atom. The fourth-order valence-electron chi connectivity index (χ4n) is 0.199. The van der Waals surface area contributed by atoms with Crippen molar-refractivity contribution in [3.63, 3.8) is 0 Å². The first kappa shape index (κ1) is 9.52. The van der Waals surface area contributed by atoms with E-state index < -0.39 is 5.97 Å². The van der Waals surface area contributed by atoms with Crippen LogP contribution in [0.4, 0.5) is 0 Å². The molecule has 0 amide bonds. The number of carboxylic acid groups (broad SMARTS) is 1. The van der Waals surface area contributed by atoms with Crippen LogP contribution >= 0.6 is 23.4 Å². The molecule has 0 aliphatic heterocycles. The minimum Gasteiger partial charge on any atom is -0.477 e. The Labute approximate surface area is 67.1 Å². The first-order valence-corrected chi connectivity index (χ1v) is 3.66. The summed E-state index contributed by atoms with van der Waals surface area (Å²) in [6.07, 6.45) is 1.58. The average Bonchev–Trinajstić information content (AvgIpc) is 1.88. The van der Waals surface area contributed by atoms with Gasteiger partial charge in [0.2, 0.25) is 6.29 Å².